The lowest BCUT2D eigenvalue weighted by Gasteiger charge is -2.37. The SMILES string of the molecule is O=C1NC(=O)/C(=C/c2ccnc(N(Cc3ccccc3)[C@H]3CC[C@H](NCc4ccccc4-c4c(F)cccc4F)CC3)n2)S1. The molecule has 0 unspecified atom stereocenters. The van der Waals surface area contributed by atoms with Crippen LogP contribution in [0.15, 0.2) is 90.0 Å². The summed E-state index contributed by atoms with van der Waals surface area (Å²) in [6.45, 7) is 1.12. The Kier molecular flexibility index (Phi) is 9.09. The molecule has 3 aromatic carbocycles. The second-order valence-corrected chi connectivity index (χ2v) is 11.9. The van der Waals surface area contributed by atoms with Crippen molar-refractivity contribution in [2.75, 3.05) is 4.90 Å². The first kappa shape index (κ1) is 29.7. The molecule has 1 aliphatic heterocycles. The van der Waals surface area contributed by atoms with Crippen LogP contribution in [0.2, 0.25) is 0 Å². The molecule has 1 saturated heterocycles. The number of aromatic nitrogens is 2. The Morgan fingerprint density at radius 3 is 2.36 bits per heavy atom. The highest BCUT2D eigenvalue weighted by molar-refractivity contribution is 8.18. The zero-order chi connectivity index (χ0) is 30.5. The highest BCUT2D eigenvalue weighted by Gasteiger charge is 2.29. The monoisotopic (exact) mass is 611 g/mol. The van der Waals surface area contributed by atoms with Crippen molar-refractivity contribution in [2.45, 2.75) is 50.9 Å². The Balaban J connectivity index is 1.16. The van der Waals surface area contributed by atoms with Crippen molar-refractivity contribution in [1.29, 1.82) is 0 Å². The quantitative estimate of drug-likeness (QED) is 0.200. The molecule has 2 N–H and O–H groups in total. The summed E-state index contributed by atoms with van der Waals surface area (Å²) < 4.78 is 29.1. The van der Waals surface area contributed by atoms with Gasteiger partial charge in [-0.25, -0.2) is 18.7 Å². The van der Waals surface area contributed by atoms with E-state index in [-0.39, 0.29) is 17.6 Å². The molecule has 44 heavy (non-hydrogen) atoms. The molecule has 1 aromatic heterocycles. The Bertz CT molecular complexity index is 1670. The van der Waals surface area contributed by atoms with E-state index in [1.54, 1.807) is 30.5 Å². The van der Waals surface area contributed by atoms with Gasteiger partial charge in [-0.2, -0.15) is 0 Å². The van der Waals surface area contributed by atoms with Crippen molar-refractivity contribution in [3.8, 4) is 11.1 Å². The molecule has 2 amide bonds. The van der Waals surface area contributed by atoms with Crippen LogP contribution in [-0.4, -0.2) is 33.2 Å². The van der Waals surface area contributed by atoms with Gasteiger partial charge in [0.2, 0.25) is 5.95 Å². The van der Waals surface area contributed by atoms with E-state index in [2.05, 4.69) is 32.7 Å². The van der Waals surface area contributed by atoms with E-state index in [0.717, 1.165) is 48.6 Å². The number of carbonyl (C=O) groups is 2. The minimum absolute atomic E-state index is 0.00166. The van der Waals surface area contributed by atoms with E-state index in [9.17, 15) is 18.4 Å². The molecular weight excluding hydrogens is 580 g/mol. The Hall–Kier alpha value is -4.41. The van der Waals surface area contributed by atoms with Gasteiger partial charge in [-0.1, -0.05) is 60.7 Å². The average molecular weight is 612 g/mol. The van der Waals surface area contributed by atoms with Crippen molar-refractivity contribution >= 4 is 34.9 Å². The van der Waals surface area contributed by atoms with Crippen LogP contribution in [0.5, 0.6) is 0 Å². The van der Waals surface area contributed by atoms with Gasteiger partial charge in [0.1, 0.15) is 11.6 Å². The molecule has 224 valence electrons. The summed E-state index contributed by atoms with van der Waals surface area (Å²) in [6, 6.07) is 23.6. The fourth-order valence-corrected chi connectivity index (χ4v) is 6.47. The summed E-state index contributed by atoms with van der Waals surface area (Å²) >= 11 is 0.861. The third-order valence-electron chi connectivity index (χ3n) is 8.01. The summed E-state index contributed by atoms with van der Waals surface area (Å²) in [6.07, 6.45) is 6.91. The van der Waals surface area contributed by atoms with Gasteiger partial charge in [0.25, 0.3) is 11.1 Å². The fourth-order valence-electron chi connectivity index (χ4n) is 5.80. The van der Waals surface area contributed by atoms with Crippen molar-refractivity contribution in [1.82, 2.24) is 20.6 Å². The molecule has 2 aliphatic rings. The third kappa shape index (κ3) is 6.87. The smallest absolute Gasteiger partial charge is 0.290 e. The van der Waals surface area contributed by atoms with E-state index in [1.165, 1.54) is 18.2 Å². The first-order valence-corrected chi connectivity index (χ1v) is 15.4. The molecule has 4 aromatic rings. The number of nitrogens with zero attached hydrogens (tertiary/aromatic N) is 3. The number of nitrogens with one attached hydrogen (secondary N) is 2. The summed E-state index contributed by atoms with van der Waals surface area (Å²) in [5.41, 5.74) is 3.10. The largest absolute Gasteiger partial charge is 0.333 e. The minimum Gasteiger partial charge on any atom is -0.333 e. The first-order valence-electron chi connectivity index (χ1n) is 14.6. The molecule has 0 bridgehead atoms. The van der Waals surface area contributed by atoms with E-state index < -0.39 is 22.8 Å². The van der Waals surface area contributed by atoms with Gasteiger partial charge < -0.3 is 10.2 Å². The van der Waals surface area contributed by atoms with Crippen molar-refractivity contribution in [3.63, 3.8) is 0 Å². The normalized spacial score (nSPS) is 19.3. The van der Waals surface area contributed by atoms with Crippen LogP contribution < -0.4 is 15.5 Å². The predicted molar refractivity (Wildman–Crippen MR) is 168 cm³/mol. The number of imide groups is 1. The second kappa shape index (κ2) is 13.5. The van der Waals surface area contributed by atoms with Crippen molar-refractivity contribution in [2.24, 2.45) is 0 Å². The first-order chi connectivity index (χ1) is 21.4. The molecule has 1 aliphatic carbocycles. The van der Waals surface area contributed by atoms with E-state index >= 15 is 0 Å². The maximum absolute atomic E-state index is 14.6. The van der Waals surface area contributed by atoms with Crippen LogP contribution in [0, 0.1) is 11.6 Å². The number of hydrogen-bond acceptors (Lipinski definition) is 7. The number of anilines is 1. The van der Waals surface area contributed by atoms with Gasteiger partial charge in [0, 0.05) is 31.4 Å². The number of thioether (sulfide) groups is 1. The molecule has 2 heterocycles. The van der Waals surface area contributed by atoms with Gasteiger partial charge in [-0.15, -0.1) is 0 Å². The van der Waals surface area contributed by atoms with Crippen LogP contribution in [0.3, 0.4) is 0 Å². The molecule has 0 atom stereocenters. The minimum atomic E-state index is -0.572. The van der Waals surface area contributed by atoms with E-state index in [4.69, 9.17) is 4.98 Å². The van der Waals surface area contributed by atoms with Gasteiger partial charge >= 0.3 is 0 Å². The lowest BCUT2D eigenvalue weighted by Crippen LogP contribution is -2.43. The summed E-state index contributed by atoms with van der Waals surface area (Å²) in [5, 5.41) is 5.50. The summed E-state index contributed by atoms with van der Waals surface area (Å²) in [5.74, 6) is -1.00. The highest BCUT2D eigenvalue weighted by Crippen LogP contribution is 2.31. The molecule has 0 spiro atoms. The zero-order valence-electron chi connectivity index (χ0n) is 23.9. The van der Waals surface area contributed by atoms with E-state index in [1.807, 2.05) is 30.3 Å². The second-order valence-electron chi connectivity index (χ2n) is 10.9. The Labute approximate surface area is 258 Å². The Morgan fingerprint density at radius 2 is 1.64 bits per heavy atom. The van der Waals surface area contributed by atoms with Gasteiger partial charge in [0.05, 0.1) is 16.2 Å². The van der Waals surface area contributed by atoms with Crippen LogP contribution in [0.1, 0.15) is 42.5 Å². The summed E-state index contributed by atoms with van der Waals surface area (Å²) in [7, 11) is 0. The van der Waals surface area contributed by atoms with Crippen LogP contribution in [0.25, 0.3) is 17.2 Å². The molecular formula is C34H31F2N5O2S. The highest BCUT2D eigenvalue weighted by atomic mass is 32.2. The Morgan fingerprint density at radius 1 is 0.909 bits per heavy atom. The van der Waals surface area contributed by atoms with Gasteiger partial charge in [-0.3, -0.25) is 14.9 Å². The molecule has 6 rings (SSSR count). The lowest BCUT2D eigenvalue weighted by molar-refractivity contribution is -0.115. The molecule has 2 fully saturated rings. The van der Waals surface area contributed by atoms with Gasteiger partial charge in [-0.05, 0) is 78.4 Å². The van der Waals surface area contributed by atoms with Crippen molar-refractivity contribution < 1.29 is 18.4 Å². The van der Waals surface area contributed by atoms with Crippen molar-refractivity contribution in [3.05, 3.63) is 118 Å². The maximum atomic E-state index is 14.6. The zero-order valence-corrected chi connectivity index (χ0v) is 24.7. The molecule has 10 heteroatoms. The van der Waals surface area contributed by atoms with Gasteiger partial charge in [0.15, 0.2) is 0 Å². The van der Waals surface area contributed by atoms with Crippen LogP contribution in [0.4, 0.5) is 19.5 Å². The predicted octanol–water partition coefficient (Wildman–Crippen LogP) is 6.85. The molecule has 7 nitrogen and oxygen atoms in total. The van der Waals surface area contributed by atoms with E-state index in [0.29, 0.717) is 35.2 Å². The maximum Gasteiger partial charge on any atom is 0.290 e. The van der Waals surface area contributed by atoms with Crippen LogP contribution in [-0.2, 0) is 17.9 Å². The van der Waals surface area contributed by atoms with Crippen LogP contribution >= 0.6 is 11.8 Å². The average Bonchev–Trinajstić information content (AvgIpc) is 3.36. The lowest BCUT2D eigenvalue weighted by atomic mass is 9.89. The number of halogens is 2. The fraction of sp³-hybridized carbons (Fsp3) is 0.235. The molecule has 0 radical (unpaired) electrons. The topological polar surface area (TPSA) is 87.2 Å². The number of hydrogen-bond donors (Lipinski definition) is 2. The number of carbonyl (C=O) groups excluding carboxylic acids is 2. The standard InChI is InChI=1S/C34H31F2N5O2S/c35-28-11-6-12-29(36)31(28)27-10-5-4-9-23(27)20-38-24-13-15-26(16-14-24)41(21-22-7-2-1-3-8-22)33-37-18-17-25(39-33)19-30-32(42)40-34(43)44-30/h1-12,17-19,24,26,38H,13-16,20-21H2,(H,40,42,43)/b30-19-/t24-,26-. The number of amides is 2. The number of rotatable bonds is 9. The molecule has 1 saturated carbocycles. The number of benzene rings is 3. The summed E-state index contributed by atoms with van der Waals surface area (Å²) in [4.78, 5) is 35.6. The third-order valence-corrected chi connectivity index (χ3v) is 8.82.